The van der Waals surface area contributed by atoms with Crippen LogP contribution in [-0.4, -0.2) is 23.3 Å². The van der Waals surface area contributed by atoms with E-state index in [4.69, 9.17) is 9.72 Å². The molecule has 1 aliphatic rings. The third kappa shape index (κ3) is 3.07. The number of aryl methyl sites for hydroxylation is 2. The molecule has 0 atom stereocenters. The van der Waals surface area contributed by atoms with E-state index in [1.54, 1.807) is 16.7 Å². The van der Waals surface area contributed by atoms with E-state index >= 15 is 0 Å². The Morgan fingerprint density at radius 1 is 1.29 bits per heavy atom. The summed E-state index contributed by atoms with van der Waals surface area (Å²) in [7, 11) is 1.39. The number of rotatable bonds is 4. The SMILES string of the molecule is COc1ccc(/C=C2\CCn3c2nc2sc(C)c(C)c2c3=O)cc1OC(F)F. The Balaban J connectivity index is 1.80. The summed E-state index contributed by atoms with van der Waals surface area (Å²) in [6, 6.07) is 4.83. The lowest BCUT2D eigenvalue weighted by atomic mass is 10.1. The normalized spacial score (nSPS) is 14.9. The zero-order valence-electron chi connectivity index (χ0n) is 15.6. The molecule has 28 heavy (non-hydrogen) atoms. The van der Waals surface area contributed by atoms with Crippen LogP contribution in [-0.2, 0) is 6.54 Å². The van der Waals surface area contributed by atoms with Crippen molar-refractivity contribution in [1.29, 1.82) is 0 Å². The zero-order chi connectivity index (χ0) is 20.0. The van der Waals surface area contributed by atoms with Crippen molar-refractivity contribution in [3.63, 3.8) is 0 Å². The Kier molecular flexibility index (Phi) is 4.66. The second-order valence-electron chi connectivity index (χ2n) is 6.56. The number of methoxy groups -OCH3 is 1. The number of hydrogen-bond acceptors (Lipinski definition) is 5. The van der Waals surface area contributed by atoms with Gasteiger partial charge in [0.25, 0.3) is 5.56 Å². The lowest BCUT2D eigenvalue weighted by Gasteiger charge is -2.10. The molecule has 0 unspecified atom stereocenters. The number of ether oxygens (including phenoxy) is 2. The lowest BCUT2D eigenvalue weighted by Crippen LogP contribution is -2.20. The maximum atomic E-state index is 12.9. The number of allylic oxidation sites excluding steroid dienone is 1. The van der Waals surface area contributed by atoms with E-state index < -0.39 is 6.61 Å². The first-order valence-electron chi connectivity index (χ1n) is 8.73. The highest BCUT2D eigenvalue weighted by molar-refractivity contribution is 7.18. The van der Waals surface area contributed by atoms with Gasteiger partial charge in [0.2, 0.25) is 0 Å². The molecule has 0 fully saturated rings. The molecule has 1 aromatic carbocycles. The van der Waals surface area contributed by atoms with Gasteiger partial charge in [-0.25, -0.2) is 4.98 Å². The maximum Gasteiger partial charge on any atom is 0.387 e. The Labute approximate surface area is 163 Å². The quantitative estimate of drug-likeness (QED) is 0.636. The van der Waals surface area contributed by atoms with Gasteiger partial charge in [-0.1, -0.05) is 6.07 Å². The van der Waals surface area contributed by atoms with Gasteiger partial charge in [-0.3, -0.25) is 9.36 Å². The van der Waals surface area contributed by atoms with Gasteiger partial charge in [0.15, 0.2) is 11.5 Å². The number of aromatic nitrogens is 2. The fourth-order valence-electron chi connectivity index (χ4n) is 3.43. The number of fused-ring (bicyclic) bond motifs is 2. The Bertz CT molecular complexity index is 1160. The van der Waals surface area contributed by atoms with Crippen molar-refractivity contribution in [2.24, 2.45) is 0 Å². The monoisotopic (exact) mass is 404 g/mol. The highest BCUT2D eigenvalue weighted by Crippen LogP contribution is 2.34. The van der Waals surface area contributed by atoms with E-state index in [-0.39, 0.29) is 17.1 Å². The van der Waals surface area contributed by atoms with Crippen LogP contribution < -0.4 is 15.0 Å². The van der Waals surface area contributed by atoms with Gasteiger partial charge in [-0.05, 0) is 55.2 Å². The van der Waals surface area contributed by atoms with E-state index in [1.165, 1.54) is 24.5 Å². The Morgan fingerprint density at radius 3 is 2.79 bits per heavy atom. The van der Waals surface area contributed by atoms with Crippen LogP contribution in [0.4, 0.5) is 8.78 Å². The van der Waals surface area contributed by atoms with Crippen LogP contribution in [0.2, 0.25) is 0 Å². The Hall–Kier alpha value is -2.74. The van der Waals surface area contributed by atoms with E-state index in [1.807, 2.05) is 19.9 Å². The number of thiophene rings is 1. The summed E-state index contributed by atoms with van der Waals surface area (Å²) >= 11 is 1.51. The van der Waals surface area contributed by atoms with Crippen molar-refractivity contribution < 1.29 is 18.3 Å². The average Bonchev–Trinajstić information content (AvgIpc) is 3.17. The molecule has 0 spiro atoms. The van der Waals surface area contributed by atoms with Crippen molar-refractivity contribution in [2.45, 2.75) is 33.4 Å². The van der Waals surface area contributed by atoms with Gasteiger partial charge in [0.05, 0.1) is 12.5 Å². The van der Waals surface area contributed by atoms with Gasteiger partial charge in [-0.2, -0.15) is 8.78 Å². The largest absolute Gasteiger partial charge is 0.493 e. The predicted octanol–water partition coefficient (Wildman–Crippen LogP) is 4.63. The van der Waals surface area contributed by atoms with Crippen molar-refractivity contribution in [3.8, 4) is 11.5 Å². The molecule has 0 N–H and O–H groups in total. The second-order valence-corrected chi connectivity index (χ2v) is 7.77. The predicted molar refractivity (Wildman–Crippen MR) is 105 cm³/mol. The summed E-state index contributed by atoms with van der Waals surface area (Å²) in [5, 5.41) is 0.685. The summed E-state index contributed by atoms with van der Waals surface area (Å²) in [5.41, 5.74) is 2.51. The van der Waals surface area contributed by atoms with Gasteiger partial charge in [0.1, 0.15) is 10.7 Å². The van der Waals surface area contributed by atoms with Crippen LogP contribution in [0, 0.1) is 13.8 Å². The summed E-state index contributed by atoms with van der Waals surface area (Å²) in [5.74, 6) is 0.830. The topological polar surface area (TPSA) is 53.4 Å². The molecule has 1 aliphatic heterocycles. The molecule has 0 amide bonds. The van der Waals surface area contributed by atoms with E-state index in [0.29, 0.717) is 29.7 Å². The molecule has 3 aromatic rings. The molecule has 146 valence electrons. The number of benzene rings is 1. The fraction of sp³-hybridized carbons (Fsp3) is 0.300. The van der Waals surface area contributed by atoms with Gasteiger partial charge in [0, 0.05) is 11.4 Å². The highest BCUT2D eigenvalue weighted by atomic mass is 32.1. The summed E-state index contributed by atoms with van der Waals surface area (Å²) in [6.07, 6.45) is 2.50. The first-order chi connectivity index (χ1) is 13.4. The molecule has 3 heterocycles. The number of nitrogens with zero attached hydrogens (tertiary/aromatic N) is 2. The van der Waals surface area contributed by atoms with Crippen LogP contribution >= 0.6 is 11.3 Å². The summed E-state index contributed by atoms with van der Waals surface area (Å²) in [6.45, 7) is 1.53. The van der Waals surface area contributed by atoms with Crippen molar-refractivity contribution in [2.75, 3.05) is 7.11 Å². The molecule has 2 aromatic heterocycles. The standard InChI is InChI=1S/C20H18F2N2O3S/c1-10-11(2)28-18-16(10)19(25)24-7-6-13(17(24)23-18)8-12-4-5-14(26-3)15(9-12)27-20(21)22/h4-5,8-9,20H,6-7H2,1-3H3/b13-8+. The minimum Gasteiger partial charge on any atom is -0.493 e. The molecule has 8 heteroatoms. The average molecular weight is 404 g/mol. The fourth-order valence-corrected chi connectivity index (χ4v) is 4.45. The third-order valence-electron chi connectivity index (χ3n) is 4.93. The molecule has 0 bridgehead atoms. The van der Waals surface area contributed by atoms with Gasteiger partial charge < -0.3 is 9.47 Å². The zero-order valence-corrected chi connectivity index (χ0v) is 16.4. The summed E-state index contributed by atoms with van der Waals surface area (Å²) in [4.78, 5) is 19.4. The lowest BCUT2D eigenvalue weighted by molar-refractivity contribution is -0.0512. The molecule has 0 saturated carbocycles. The first kappa shape index (κ1) is 18.6. The van der Waals surface area contributed by atoms with Crippen LogP contribution in [0.1, 0.15) is 28.2 Å². The molecule has 4 rings (SSSR count). The molecule has 5 nitrogen and oxygen atoms in total. The van der Waals surface area contributed by atoms with Gasteiger partial charge in [-0.15, -0.1) is 11.3 Å². The second kappa shape index (κ2) is 7.01. The van der Waals surface area contributed by atoms with Crippen molar-refractivity contribution >= 4 is 33.2 Å². The minimum absolute atomic E-state index is 0.0262. The maximum absolute atomic E-state index is 12.9. The van der Waals surface area contributed by atoms with E-state index in [2.05, 4.69) is 4.74 Å². The van der Waals surface area contributed by atoms with Gasteiger partial charge >= 0.3 is 6.61 Å². The molecular formula is C20H18F2N2O3S. The molecule has 0 radical (unpaired) electrons. The number of hydrogen-bond donors (Lipinski definition) is 0. The van der Waals surface area contributed by atoms with Crippen LogP contribution in [0.15, 0.2) is 23.0 Å². The summed E-state index contributed by atoms with van der Waals surface area (Å²) < 4.78 is 36.6. The van der Waals surface area contributed by atoms with E-state index in [0.717, 1.165) is 20.8 Å². The third-order valence-corrected chi connectivity index (χ3v) is 6.03. The smallest absolute Gasteiger partial charge is 0.387 e. The molecular weight excluding hydrogens is 386 g/mol. The van der Waals surface area contributed by atoms with Crippen molar-refractivity contribution in [3.05, 3.63) is 50.4 Å². The highest BCUT2D eigenvalue weighted by Gasteiger charge is 2.23. The molecule has 0 saturated heterocycles. The first-order valence-corrected chi connectivity index (χ1v) is 9.55. The van der Waals surface area contributed by atoms with E-state index in [9.17, 15) is 13.6 Å². The van der Waals surface area contributed by atoms with Crippen molar-refractivity contribution in [1.82, 2.24) is 9.55 Å². The van der Waals surface area contributed by atoms with Crippen LogP contribution in [0.25, 0.3) is 21.9 Å². The number of halogens is 2. The van der Waals surface area contributed by atoms with Crippen LogP contribution in [0.3, 0.4) is 0 Å². The number of alkyl halides is 2. The Morgan fingerprint density at radius 2 is 2.07 bits per heavy atom. The molecule has 0 aliphatic carbocycles. The van der Waals surface area contributed by atoms with Crippen LogP contribution in [0.5, 0.6) is 11.5 Å². The minimum atomic E-state index is -2.94.